The van der Waals surface area contributed by atoms with Crippen LogP contribution in [0.25, 0.3) is 0 Å². The van der Waals surface area contributed by atoms with Crippen LogP contribution in [0, 0.1) is 0 Å². The van der Waals surface area contributed by atoms with Crippen molar-refractivity contribution in [2.24, 2.45) is 0 Å². The predicted octanol–water partition coefficient (Wildman–Crippen LogP) is 1.99. The molecule has 1 aromatic carbocycles. The maximum Gasteiger partial charge on any atom is 0.282 e. The predicted molar refractivity (Wildman–Crippen MR) is 89.5 cm³/mol. The topological polar surface area (TPSA) is 79.5 Å². The lowest BCUT2D eigenvalue weighted by atomic mass is 10.1. The maximum atomic E-state index is 12.5. The molecule has 2 heterocycles. The number of hydrogen-bond donors (Lipinski definition) is 0. The summed E-state index contributed by atoms with van der Waals surface area (Å²) in [4.78, 5) is 0. The first-order chi connectivity index (χ1) is 11.5. The van der Waals surface area contributed by atoms with Gasteiger partial charge in [0.15, 0.2) is 0 Å². The van der Waals surface area contributed by atoms with Crippen molar-refractivity contribution < 1.29 is 12.8 Å². The molecule has 0 unspecified atom stereocenters. The zero-order valence-corrected chi connectivity index (χ0v) is 14.7. The van der Waals surface area contributed by atoms with Gasteiger partial charge in [-0.3, -0.25) is 0 Å². The summed E-state index contributed by atoms with van der Waals surface area (Å²) >= 11 is 0. The monoisotopic (exact) mass is 350 g/mol. The second kappa shape index (κ2) is 7.00. The minimum Gasteiger partial charge on any atom is -0.423 e. The normalized spacial score (nSPS) is 19.7. The number of nitrogens with zero attached hydrogens (tertiary/aromatic N) is 4. The molecule has 1 aliphatic heterocycles. The van der Waals surface area contributed by atoms with Gasteiger partial charge >= 0.3 is 0 Å². The van der Waals surface area contributed by atoms with Crippen molar-refractivity contribution in [2.75, 3.05) is 20.6 Å². The Labute approximate surface area is 142 Å². The van der Waals surface area contributed by atoms with Gasteiger partial charge in [-0.2, -0.15) is 17.0 Å². The van der Waals surface area contributed by atoms with Gasteiger partial charge in [0.1, 0.15) is 6.04 Å². The number of benzene rings is 1. The molecule has 8 heteroatoms. The summed E-state index contributed by atoms with van der Waals surface area (Å²) in [6.45, 7) is 0.474. The van der Waals surface area contributed by atoms with E-state index in [-0.39, 0.29) is 6.04 Å². The van der Waals surface area contributed by atoms with Crippen molar-refractivity contribution >= 4 is 10.2 Å². The lowest BCUT2D eigenvalue weighted by molar-refractivity contribution is 0.207. The van der Waals surface area contributed by atoms with Crippen molar-refractivity contribution in [3.05, 3.63) is 47.7 Å². The zero-order chi connectivity index (χ0) is 17.2. The maximum absolute atomic E-state index is 12.5. The Hall–Kier alpha value is -1.77. The number of piperidine rings is 1. The Kier molecular flexibility index (Phi) is 4.98. The molecule has 1 saturated heterocycles. The fraction of sp³-hybridized carbons (Fsp3) is 0.500. The van der Waals surface area contributed by atoms with Crippen LogP contribution in [0.4, 0.5) is 0 Å². The van der Waals surface area contributed by atoms with Crippen molar-refractivity contribution in [3.8, 4) is 0 Å². The molecule has 1 atom stereocenters. The molecule has 130 valence electrons. The SMILES string of the molecule is CN(C)S(=O)(=O)N1CCCC[C@H]1c1nnc(Cc2ccccc2)o1. The minimum atomic E-state index is -3.51. The van der Waals surface area contributed by atoms with E-state index in [2.05, 4.69) is 10.2 Å². The first kappa shape index (κ1) is 17.1. The molecule has 1 fully saturated rings. The molecule has 0 amide bonds. The molecule has 0 aliphatic carbocycles. The third kappa shape index (κ3) is 3.50. The fourth-order valence-electron chi connectivity index (χ4n) is 2.88. The van der Waals surface area contributed by atoms with E-state index in [0.29, 0.717) is 31.2 Å². The molecule has 0 bridgehead atoms. The quantitative estimate of drug-likeness (QED) is 0.824. The van der Waals surface area contributed by atoms with Crippen LogP contribution in [0.3, 0.4) is 0 Å². The zero-order valence-electron chi connectivity index (χ0n) is 13.9. The summed E-state index contributed by atoms with van der Waals surface area (Å²) < 4.78 is 33.5. The first-order valence-corrected chi connectivity index (χ1v) is 9.43. The molecule has 2 aromatic rings. The summed E-state index contributed by atoms with van der Waals surface area (Å²) in [6, 6.07) is 9.47. The minimum absolute atomic E-state index is 0.381. The van der Waals surface area contributed by atoms with E-state index in [1.165, 1.54) is 22.7 Å². The van der Waals surface area contributed by atoms with Gasteiger partial charge < -0.3 is 4.42 Å². The van der Waals surface area contributed by atoms with Crippen LogP contribution < -0.4 is 0 Å². The van der Waals surface area contributed by atoms with Gasteiger partial charge in [0, 0.05) is 20.6 Å². The van der Waals surface area contributed by atoms with Gasteiger partial charge in [0.2, 0.25) is 11.8 Å². The summed E-state index contributed by atoms with van der Waals surface area (Å²) in [5, 5.41) is 8.21. The Morgan fingerprint density at radius 3 is 2.67 bits per heavy atom. The van der Waals surface area contributed by atoms with Crippen LogP contribution in [0.2, 0.25) is 0 Å². The molecule has 0 radical (unpaired) electrons. The van der Waals surface area contributed by atoms with E-state index < -0.39 is 10.2 Å². The van der Waals surface area contributed by atoms with Crippen LogP contribution in [0.1, 0.15) is 42.6 Å². The van der Waals surface area contributed by atoms with Gasteiger partial charge in [-0.05, 0) is 18.4 Å². The van der Waals surface area contributed by atoms with Crippen molar-refractivity contribution in [2.45, 2.75) is 31.7 Å². The Morgan fingerprint density at radius 2 is 1.96 bits per heavy atom. The van der Waals surface area contributed by atoms with Crippen LogP contribution >= 0.6 is 0 Å². The molecule has 24 heavy (non-hydrogen) atoms. The second-order valence-corrected chi connectivity index (χ2v) is 8.20. The summed E-state index contributed by atoms with van der Waals surface area (Å²) in [7, 11) is -0.433. The first-order valence-electron chi connectivity index (χ1n) is 8.04. The molecule has 1 aliphatic rings. The van der Waals surface area contributed by atoms with Gasteiger partial charge in [0.05, 0.1) is 6.42 Å². The van der Waals surface area contributed by atoms with E-state index in [4.69, 9.17) is 4.42 Å². The van der Waals surface area contributed by atoms with Crippen LogP contribution in [-0.2, 0) is 16.6 Å². The highest BCUT2D eigenvalue weighted by atomic mass is 32.2. The lowest BCUT2D eigenvalue weighted by Crippen LogP contribution is -2.44. The standard InChI is InChI=1S/C16H22N4O3S/c1-19(2)24(21,22)20-11-7-6-10-14(20)16-18-17-15(23-16)12-13-8-4-3-5-9-13/h3-5,8-9,14H,6-7,10-12H2,1-2H3/t14-/m0/s1. The molecule has 0 N–H and O–H groups in total. The largest absolute Gasteiger partial charge is 0.423 e. The average Bonchev–Trinajstić information content (AvgIpc) is 3.04. The Bertz CT molecular complexity index is 774. The van der Waals surface area contributed by atoms with E-state index in [1.54, 1.807) is 0 Å². The third-order valence-electron chi connectivity index (χ3n) is 4.18. The number of aromatic nitrogens is 2. The summed E-state index contributed by atoms with van der Waals surface area (Å²) in [5.74, 6) is 0.884. The van der Waals surface area contributed by atoms with Crippen LogP contribution in [0.5, 0.6) is 0 Å². The Morgan fingerprint density at radius 1 is 1.21 bits per heavy atom. The van der Waals surface area contributed by atoms with Crippen molar-refractivity contribution in [3.63, 3.8) is 0 Å². The lowest BCUT2D eigenvalue weighted by Gasteiger charge is -2.34. The van der Waals surface area contributed by atoms with E-state index in [0.717, 1.165) is 18.4 Å². The average molecular weight is 350 g/mol. The molecular formula is C16H22N4O3S. The molecule has 7 nitrogen and oxygen atoms in total. The second-order valence-electron chi connectivity index (χ2n) is 6.11. The molecule has 1 aromatic heterocycles. The smallest absolute Gasteiger partial charge is 0.282 e. The summed E-state index contributed by atoms with van der Waals surface area (Å²) in [5.41, 5.74) is 1.08. The fourth-order valence-corrected chi connectivity index (χ4v) is 4.18. The van der Waals surface area contributed by atoms with E-state index >= 15 is 0 Å². The summed E-state index contributed by atoms with van der Waals surface area (Å²) in [6.07, 6.45) is 3.02. The highest BCUT2D eigenvalue weighted by Gasteiger charge is 2.37. The van der Waals surface area contributed by atoms with Gasteiger partial charge in [0.25, 0.3) is 10.2 Å². The van der Waals surface area contributed by atoms with Gasteiger partial charge in [-0.1, -0.05) is 36.8 Å². The highest BCUT2D eigenvalue weighted by Crippen LogP contribution is 2.33. The Balaban J connectivity index is 1.82. The molecular weight excluding hydrogens is 328 g/mol. The highest BCUT2D eigenvalue weighted by molar-refractivity contribution is 7.86. The van der Waals surface area contributed by atoms with E-state index in [1.807, 2.05) is 30.3 Å². The third-order valence-corrected chi connectivity index (χ3v) is 6.13. The van der Waals surface area contributed by atoms with Crippen LogP contribution in [-0.4, -0.2) is 47.9 Å². The molecule has 0 saturated carbocycles. The van der Waals surface area contributed by atoms with Gasteiger partial charge in [-0.25, -0.2) is 0 Å². The number of hydrogen-bond acceptors (Lipinski definition) is 5. The molecule has 0 spiro atoms. The van der Waals surface area contributed by atoms with Crippen molar-refractivity contribution in [1.29, 1.82) is 0 Å². The molecule has 3 rings (SSSR count). The van der Waals surface area contributed by atoms with Crippen LogP contribution in [0.15, 0.2) is 34.7 Å². The van der Waals surface area contributed by atoms with E-state index in [9.17, 15) is 8.42 Å². The number of rotatable bonds is 5. The van der Waals surface area contributed by atoms with Crippen molar-refractivity contribution in [1.82, 2.24) is 18.8 Å². The van der Waals surface area contributed by atoms with Gasteiger partial charge in [-0.15, -0.1) is 10.2 Å².